The van der Waals surface area contributed by atoms with Gasteiger partial charge in [-0.15, -0.1) is 24.8 Å². The number of anilines is 2. The van der Waals surface area contributed by atoms with Gasteiger partial charge in [0, 0.05) is 23.9 Å². The molecule has 0 bridgehead atoms. The molecule has 21 nitrogen and oxygen atoms in total. The van der Waals surface area contributed by atoms with Crippen molar-refractivity contribution < 1.29 is 72.2 Å². The summed E-state index contributed by atoms with van der Waals surface area (Å²) in [5.74, 6) is -3.84. The molecule has 0 aliphatic carbocycles. The molecule has 0 spiro atoms. The van der Waals surface area contributed by atoms with E-state index in [1.54, 1.807) is 0 Å². The normalized spacial score (nSPS) is 12.6. The number of nitrogens with zero attached hydrogens (tertiary/aromatic N) is 6. The number of benzene rings is 3. The number of hydrogen-bond acceptors (Lipinski definition) is 20. The third-order valence-electron chi connectivity index (χ3n) is 5.89. The number of aromatic hydroxyl groups is 2. The molecule has 0 aliphatic heterocycles. The number of phenols is 2. The molecule has 0 saturated carbocycles. The van der Waals surface area contributed by atoms with E-state index in [4.69, 9.17) is 5.26 Å². The van der Waals surface area contributed by atoms with Crippen LogP contribution in [0.3, 0.4) is 0 Å². The molecule has 27 heteroatoms. The van der Waals surface area contributed by atoms with Crippen LogP contribution in [0.5, 0.6) is 11.5 Å². The van der Waals surface area contributed by atoms with Crippen LogP contribution in [0.1, 0.15) is 0 Å². The van der Waals surface area contributed by atoms with Crippen LogP contribution in [0, 0.1) is 12.0 Å². The van der Waals surface area contributed by atoms with Crippen molar-refractivity contribution in [2.75, 3.05) is 17.7 Å². The number of halogens is 2. The Kier molecular flexibility index (Phi) is 12.2. The third kappa shape index (κ3) is 10.6. The van der Waals surface area contributed by atoms with Crippen molar-refractivity contribution in [2.45, 2.75) is 14.7 Å². The van der Waals surface area contributed by atoms with Gasteiger partial charge in [0.05, 0.1) is 17.3 Å². The molecule has 0 fully saturated rings. The molecule has 0 atom stereocenters. The Morgan fingerprint density at radius 3 is 1.98 bits per heavy atom. The lowest BCUT2D eigenvalue weighted by molar-refractivity contribution is -0.434. The van der Waals surface area contributed by atoms with E-state index >= 15 is 0 Å². The third-order valence-corrected chi connectivity index (χ3v) is 9.73. The summed E-state index contributed by atoms with van der Waals surface area (Å²) in [6.45, 7) is -0.510. The second kappa shape index (κ2) is 16.0. The predicted molar refractivity (Wildman–Crippen MR) is 166 cm³/mol. The van der Waals surface area contributed by atoms with E-state index in [-0.39, 0.29) is 23.8 Å². The number of azo groups is 2. The van der Waals surface area contributed by atoms with E-state index in [0.29, 0.717) is 18.2 Å². The fraction of sp³-hybridized carbons (Fsp3) is 0.0833. The Morgan fingerprint density at radius 2 is 1.37 bits per heavy atom. The Balaban J connectivity index is 1.66. The van der Waals surface area contributed by atoms with E-state index in [9.17, 15) is 53.4 Å². The van der Waals surface area contributed by atoms with Gasteiger partial charge in [-0.2, -0.15) is 35.6 Å². The van der Waals surface area contributed by atoms with E-state index in [2.05, 4.69) is 49.3 Å². The van der Waals surface area contributed by atoms with Gasteiger partial charge in [0.15, 0.2) is 22.2 Å². The molecule has 0 amide bonds. The molecule has 4 aromatic rings. The van der Waals surface area contributed by atoms with E-state index < -0.39 is 103 Å². The van der Waals surface area contributed by atoms with Gasteiger partial charge >= 0.3 is 6.08 Å². The summed E-state index contributed by atoms with van der Waals surface area (Å²) in [4.78, 5) is 3.76. The lowest BCUT2D eigenvalue weighted by Gasteiger charge is -2.09. The van der Waals surface area contributed by atoms with Crippen molar-refractivity contribution in [2.24, 2.45) is 20.5 Å². The summed E-state index contributed by atoms with van der Waals surface area (Å²) in [5.41, 5.74) is -2.26. The molecule has 0 aliphatic rings. The number of hydrogen-bond donors (Lipinski definition) is 6. The van der Waals surface area contributed by atoms with Crippen LogP contribution in [0.2, 0.25) is 0 Å². The fourth-order valence-electron chi connectivity index (χ4n) is 3.73. The highest BCUT2D eigenvalue weighted by atomic mass is 32.2. The molecule has 6 N–H and O–H groups in total. The van der Waals surface area contributed by atoms with Gasteiger partial charge in [-0.1, -0.05) is 5.04 Å². The molecule has 1 aromatic heterocycles. The number of phenolic OH excluding ortho intramolecular Hbond substituents is 2. The van der Waals surface area contributed by atoms with Gasteiger partial charge in [-0.3, -0.25) is 13.3 Å². The van der Waals surface area contributed by atoms with E-state index in [1.807, 2.05) is 0 Å². The highest BCUT2D eigenvalue weighted by Gasteiger charge is 2.23. The van der Waals surface area contributed by atoms with Crippen molar-refractivity contribution in [1.29, 1.82) is 0 Å². The van der Waals surface area contributed by atoms with Crippen molar-refractivity contribution in [3.63, 3.8) is 0 Å². The Hall–Kier alpha value is -4.84. The minimum Gasteiger partial charge on any atom is -0.505 e. The maximum atomic E-state index is 13.5. The maximum absolute atomic E-state index is 13.5. The van der Waals surface area contributed by atoms with Crippen molar-refractivity contribution in [1.82, 2.24) is 9.97 Å². The van der Waals surface area contributed by atoms with Gasteiger partial charge in [0.2, 0.25) is 5.95 Å². The minimum atomic E-state index is -5.13. The highest BCUT2D eigenvalue weighted by Crippen LogP contribution is 2.41. The summed E-state index contributed by atoms with van der Waals surface area (Å²) in [7, 11) is -14.3. The first kappa shape index (κ1) is 39.0. The smallest absolute Gasteiger partial charge is 0.313 e. The largest absolute Gasteiger partial charge is 0.505 e. The van der Waals surface area contributed by atoms with Crippen molar-refractivity contribution in [3.8, 4) is 11.5 Å². The summed E-state index contributed by atoms with van der Waals surface area (Å²) >= 11 is 0.101. The van der Waals surface area contributed by atoms with Gasteiger partial charge < -0.3 is 15.5 Å². The second-order valence-corrected chi connectivity index (χ2v) is 14.7. The molecule has 0 saturated heterocycles. The fourth-order valence-corrected chi connectivity index (χ4v) is 6.49. The van der Waals surface area contributed by atoms with Crippen LogP contribution in [-0.4, -0.2) is 72.2 Å². The Morgan fingerprint density at radius 1 is 0.745 bits per heavy atom. The molecule has 4 rings (SSSR count). The first-order valence-corrected chi connectivity index (χ1v) is 18.2. The number of nitrogens with one attached hydrogen (secondary N) is 1. The Labute approximate surface area is 289 Å². The minimum absolute atomic E-state index is 0.0539. The number of rotatable bonds is 15. The van der Waals surface area contributed by atoms with Crippen molar-refractivity contribution >= 4 is 76.7 Å². The highest BCUT2D eigenvalue weighted by molar-refractivity contribution is 7.91. The van der Waals surface area contributed by atoms with Crippen LogP contribution in [-0.2, 0) is 43.6 Å². The monoisotopic (exact) mass is 795 g/mol. The molecule has 1 heterocycles. The first-order valence-electron chi connectivity index (χ1n) is 13.0. The summed E-state index contributed by atoms with van der Waals surface area (Å²) in [6.07, 6.45) is -1.42. The van der Waals surface area contributed by atoms with Crippen LogP contribution < -0.4 is 5.32 Å². The number of sulfone groups is 1. The molecule has 272 valence electrons. The molecular formula is C24H19F2N7O14S4. The van der Waals surface area contributed by atoms with E-state index in [1.165, 1.54) is 0 Å². The van der Waals surface area contributed by atoms with Crippen LogP contribution in [0.4, 0.5) is 43.0 Å². The van der Waals surface area contributed by atoms with E-state index in [0.717, 1.165) is 36.4 Å². The SMILES string of the molecule is O=S(=O)(O)c1ccc(Nc2cc(F)nc(F)n2)cc1N=Nc1cc(N=Nc2ccc(S(=O)(=O)CCOSOOO)cc2S(=O)(=O)O)c(O)cc1O. The van der Waals surface area contributed by atoms with Crippen LogP contribution >= 0.6 is 12.3 Å². The zero-order chi connectivity index (χ0) is 37.6. The van der Waals surface area contributed by atoms with Crippen molar-refractivity contribution in [3.05, 3.63) is 66.6 Å². The quantitative estimate of drug-likeness (QED) is 0.0135. The maximum Gasteiger partial charge on any atom is 0.313 e. The van der Waals surface area contributed by atoms with Gasteiger partial charge in [0.1, 0.15) is 49.9 Å². The van der Waals surface area contributed by atoms with Crippen LogP contribution in [0.15, 0.2) is 89.7 Å². The molecule has 0 radical (unpaired) electrons. The molecule has 3 aromatic carbocycles. The van der Waals surface area contributed by atoms with Crippen LogP contribution in [0.25, 0.3) is 0 Å². The summed E-state index contributed by atoms with van der Waals surface area (Å²) in [5, 5.41) is 49.1. The predicted octanol–water partition coefficient (Wildman–Crippen LogP) is 5.01. The standard InChI is InChI=1S/C24H19F2N7O14S4/c25-22-11-23(29-24(26)28-22)27-12-1-4-20(50(39,40)41)17(7-12)33-32-16-9-15(18(34)10-19(16)35)31-30-14-3-2-13(8-21(14)51(42,43)44)49(37,38)6-5-45-48-47-46-36/h1-4,7-11,34-36H,5-6H2,(H,27,28,29)(H,39,40,41)(H,42,43,44). The summed E-state index contributed by atoms with van der Waals surface area (Å²) in [6, 6.07) is 7.51. The number of aromatic nitrogens is 2. The van der Waals surface area contributed by atoms with Gasteiger partial charge in [-0.25, -0.2) is 13.7 Å². The first-order chi connectivity index (χ1) is 23.9. The Bertz CT molecular complexity index is 2330. The van der Waals surface area contributed by atoms with Gasteiger partial charge in [0.25, 0.3) is 20.2 Å². The lowest BCUT2D eigenvalue weighted by atomic mass is 10.2. The molecule has 51 heavy (non-hydrogen) atoms. The average molecular weight is 796 g/mol. The molecular weight excluding hydrogens is 777 g/mol. The van der Waals surface area contributed by atoms with Gasteiger partial charge in [-0.05, 0) is 36.4 Å². The zero-order valence-electron chi connectivity index (χ0n) is 24.6. The second-order valence-electron chi connectivity index (χ2n) is 9.31. The lowest BCUT2D eigenvalue weighted by Crippen LogP contribution is -2.12. The molecule has 0 unspecified atom stereocenters. The average Bonchev–Trinajstić information content (AvgIpc) is 3.02. The topological polar surface area (TPSA) is 319 Å². The summed E-state index contributed by atoms with van der Waals surface area (Å²) < 4.78 is 128. The zero-order valence-corrected chi connectivity index (χ0v) is 27.9.